The molecular weight excluding hydrogens is 697 g/mol. The number of hydrogen-bond donors (Lipinski definition) is 1. The zero-order chi connectivity index (χ0) is 32.5. The van der Waals surface area contributed by atoms with Crippen LogP contribution in [0.15, 0.2) is 67.3 Å². The highest BCUT2D eigenvalue weighted by atomic mass is 35.5. The molecular formula is C33H24Cl3N7O2S2. The van der Waals surface area contributed by atoms with E-state index in [2.05, 4.69) is 25.3 Å². The fraction of sp³-hybridized carbons (Fsp3) is 0.152. The van der Waals surface area contributed by atoms with E-state index in [1.54, 1.807) is 36.1 Å². The maximum Gasteiger partial charge on any atom is 0.164 e. The van der Waals surface area contributed by atoms with Crippen LogP contribution in [0.2, 0.25) is 15.2 Å². The maximum atomic E-state index is 6.56. The summed E-state index contributed by atoms with van der Waals surface area (Å²) in [5.41, 5.74) is 2.76. The monoisotopic (exact) mass is 719 g/mol. The Morgan fingerprint density at radius 2 is 1.32 bits per heavy atom. The van der Waals surface area contributed by atoms with Gasteiger partial charge in [-0.25, -0.2) is 19.9 Å². The Kier molecular flexibility index (Phi) is 9.07. The molecule has 1 aromatic carbocycles. The first-order valence-corrected chi connectivity index (χ1v) is 17.1. The van der Waals surface area contributed by atoms with E-state index in [0.29, 0.717) is 52.4 Å². The van der Waals surface area contributed by atoms with Crippen LogP contribution < -0.4 is 14.8 Å². The number of pyridine rings is 2. The van der Waals surface area contributed by atoms with Gasteiger partial charge in [-0.3, -0.25) is 9.97 Å². The quantitative estimate of drug-likeness (QED) is 0.174. The minimum atomic E-state index is 0.383. The molecule has 0 amide bonds. The van der Waals surface area contributed by atoms with Crippen LogP contribution in [0.1, 0.15) is 15.3 Å². The molecule has 0 fully saturated rings. The van der Waals surface area contributed by atoms with Crippen molar-refractivity contribution >= 4 is 83.7 Å². The van der Waals surface area contributed by atoms with Crippen LogP contribution >= 0.6 is 57.5 Å². The molecule has 0 saturated heterocycles. The van der Waals surface area contributed by atoms with Crippen LogP contribution in [-0.2, 0) is 6.54 Å². The Morgan fingerprint density at radius 3 is 1.96 bits per heavy atom. The number of nitrogens with one attached hydrogen (secondary N) is 1. The molecule has 0 unspecified atom stereocenters. The summed E-state index contributed by atoms with van der Waals surface area (Å²) in [6.45, 7) is 5.64. The number of thiophene rings is 2. The first kappa shape index (κ1) is 31.5. The van der Waals surface area contributed by atoms with E-state index < -0.39 is 0 Å². The van der Waals surface area contributed by atoms with Crippen molar-refractivity contribution in [1.29, 1.82) is 0 Å². The third-order valence-corrected chi connectivity index (χ3v) is 10.6. The summed E-state index contributed by atoms with van der Waals surface area (Å²) in [6.07, 6.45) is 6.90. The normalized spacial score (nSPS) is 12.2. The van der Waals surface area contributed by atoms with Crippen molar-refractivity contribution in [3.8, 4) is 34.3 Å². The number of nitrogens with zero attached hydrogens (tertiary/aromatic N) is 6. The van der Waals surface area contributed by atoms with E-state index in [9.17, 15) is 0 Å². The van der Waals surface area contributed by atoms with Gasteiger partial charge in [-0.1, -0.05) is 40.9 Å². The van der Waals surface area contributed by atoms with Crippen molar-refractivity contribution in [3.05, 3.63) is 97.8 Å². The summed E-state index contributed by atoms with van der Waals surface area (Å²) in [7, 11) is 0. The lowest BCUT2D eigenvalue weighted by atomic mass is 10.2. The summed E-state index contributed by atoms with van der Waals surface area (Å²) >= 11 is 22.0. The molecule has 0 bridgehead atoms. The van der Waals surface area contributed by atoms with E-state index in [1.807, 2.05) is 56.3 Å². The third-order valence-electron chi connectivity index (χ3n) is 7.17. The van der Waals surface area contributed by atoms with Gasteiger partial charge in [0.2, 0.25) is 0 Å². The Labute approximate surface area is 292 Å². The molecule has 0 saturated carbocycles. The highest BCUT2D eigenvalue weighted by Crippen LogP contribution is 2.40. The lowest BCUT2D eigenvalue weighted by molar-refractivity contribution is 0.171. The van der Waals surface area contributed by atoms with Crippen LogP contribution in [0.5, 0.6) is 11.5 Å². The Balaban J connectivity index is 0.000000167. The first-order valence-electron chi connectivity index (χ1n) is 14.4. The van der Waals surface area contributed by atoms with E-state index in [0.717, 1.165) is 58.4 Å². The Bertz CT molecular complexity index is 2230. The summed E-state index contributed by atoms with van der Waals surface area (Å²) in [5.74, 6) is 3.44. The van der Waals surface area contributed by atoms with Crippen molar-refractivity contribution in [3.63, 3.8) is 0 Å². The third kappa shape index (κ3) is 6.54. The second-order valence-electron chi connectivity index (χ2n) is 10.4. The van der Waals surface area contributed by atoms with E-state index >= 15 is 0 Å². The second-order valence-corrected chi connectivity index (χ2v) is 13.9. The standard InChI is InChI=1S/C21H17ClN4O2S.C12H7Cl2N3S/c1-12-18(22)17-20(24-10-13-4-5-15-16(9-13)28-8-7-27-15)25-19(26-21(17)29-12)14-3-2-6-23-11-14;1-6-9(13)8-10(14)16-11(17-12(8)18-6)7-3-2-4-15-5-7/h2-6,9,11H,7-8,10H2,1H3,(H,24,25,26);2-5H,1H3. The molecule has 0 spiro atoms. The zero-order valence-electron chi connectivity index (χ0n) is 24.9. The lowest BCUT2D eigenvalue weighted by Crippen LogP contribution is -2.15. The minimum absolute atomic E-state index is 0.383. The molecule has 1 aliphatic rings. The molecule has 6 aromatic heterocycles. The average molecular weight is 721 g/mol. The topological polar surface area (TPSA) is 108 Å². The van der Waals surface area contributed by atoms with E-state index in [1.165, 1.54) is 11.3 Å². The molecule has 1 aliphatic heterocycles. The predicted molar refractivity (Wildman–Crippen MR) is 191 cm³/mol. The molecule has 7 heterocycles. The summed E-state index contributed by atoms with van der Waals surface area (Å²) < 4.78 is 11.3. The molecule has 1 N–H and O–H groups in total. The molecule has 47 heavy (non-hydrogen) atoms. The second kappa shape index (κ2) is 13.5. The number of anilines is 1. The van der Waals surface area contributed by atoms with Gasteiger partial charge >= 0.3 is 0 Å². The molecule has 0 radical (unpaired) electrons. The van der Waals surface area contributed by atoms with Gasteiger partial charge < -0.3 is 14.8 Å². The zero-order valence-corrected chi connectivity index (χ0v) is 28.8. The highest BCUT2D eigenvalue weighted by molar-refractivity contribution is 7.19. The van der Waals surface area contributed by atoms with Gasteiger partial charge in [0.05, 0.1) is 20.8 Å². The SMILES string of the molecule is Cc1sc2nc(-c3cccnc3)nc(Cl)c2c1Cl.Cc1sc2nc(-c3cccnc3)nc(NCc3ccc4c(c3)OCCO4)c2c1Cl. The van der Waals surface area contributed by atoms with E-state index in [-0.39, 0.29) is 0 Å². The van der Waals surface area contributed by atoms with Crippen LogP contribution in [0.25, 0.3) is 43.2 Å². The number of aromatic nitrogens is 6. The summed E-state index contributed by atoms with van der Waals surface area (Å²) in [4.78, 5) is 30.1. The van der Waals surface area contributed by atoms with Gasteiger partial charge in [0, 0.05) is 52.2 Å². The van der Waals surface area contributed by atoms with Gasteiger partial charge in [0.15, 0.2) is 23.1 Å². The number of ether oxygens (including phenoxy) is 2. The van der Waals surface area contributed by atoms with E-state index in [4.69, 9.17) is 54.2 Å². The van der Waals surface area contributed by atoms with Gasteiger partial charge in [-0.05, 0) is 55.8 Å². The van der Waals surface area contributed by atoms with Gasteiger partial charge in [-0.2, -0.15) is 0 Å². The molecule has 236 valence electrons. The molecule has 0 atom stereocenters. The Morgan fingerprint density at radius 1 is 0.723 bits per heavy atom. The van der Waals surface area contributed by atoms with Crippen molar-refractivity contribution in [1.82, 2.24) is 29.9 Å². The number of fused-ring (bicyclic) bond motifs is 3. The highest BCUT2D eigenvalue weighted by Gasteiger charge is 2.18. The lowest BCUT2D eigenvalue weighted by Gasteiger charge is -2.19. The molecule has 8 rings (SSSR count). The fourth-order valence-electron chi connectivity index (χ4n) is 4.88. The summed E-state index contributed by atoms with van der Waals surface area (Å²) in [5, 5.41) is 6.71. The number of halogens is 3. The number of hydrogen-bond acceptors (Lipinski definition) is 11. The molecule has 14 heteroatoms. The minimum Gasteiger partial charge on any atom is -0.486 e. The largest absolute Gasteiger partial charge is 0.486 e. The smallest absolute Gasteiger partial charge is 0.164 e. The van der Waals surface area contributed by atoms with Crippen LogP contribution in [-0.4, -0.2) is 43.1 Å². The Hall–Kier alpha value is -4.13. The van der Waals surface area contributed by atoms with Crippen LogP contribution in [0.4, 0.5) is 5.82 Å². The van der Waals surface area contributed by atoms with Gasteiger partial charge in [0.25, 0.3) is 0 Å². The fourth-order valence-corrected chi connectivity index (χ4v) is 7.77. The predicted octanol–water partition coefficient (Wildman–Crippen LogP) is 9.47. The van der Waals surface area contributed by atoms with Crippen LogP contribution in [0.3, 0.4) is 0 Å². The molecule has 7 aromatic rings. The first-order chi connectivity index (χ1) is 22.9. The van der Waals surface area contributed by atoms with Crippen molar-refractivity contribution in [2.24, 2.45) is 0 Å². The van der Waals surface area contributed by atoms with Crippen molar-refractivity contribution in [2.75, 3.05) is 18.5 Å². The van der Waals surface area contributed by atoms with Crippen LogP contribution in [0, 0.1) is 13.8 Å². The number of aryl methyl sites for hydroxylation is 2. The molecule has 9 nitrogen and oxygen atoms in total. The van der Waals surface area contributed by atoms with Crippen molar-refractivity contribution < 1.29 is 9.47 Å². The average Bonchev–Trinajstić information content (AvgIpc) is 3.57. The maximum absolute atomic E-state index is 6.56. The number of benzene rings is 1. The number of rotatable bonds is 5. The van der Waals surface area contributed by atoms with Crippen molar-refractivity contribution in [2.45, 2.75) is 20.4 Å². The summed E-state index contributed by atoms with van der Waals surface area (Å²) in [6, 6.07) is 13.5. The van der Waals surface area contributed by atoms with Gasteiger partial charge in [0.1, 0.15) is 33.8 Å². The van der Waals surface area contributed by atoms with Gasteiger partial charge in [-0.15, -0.1) is 22.7 Å². The molecule has 0 aliphatic carbocycles.